The fourth-order valence-electron chi connectivity index (χ4n) is 2.15. The molecule has 1 aromatic heterocycles. The summed E-state index contributed by atoms with van der Waals surface area (Å²) >= 11 is 0. The Kier molecular flexibility index (Phi) is 6.62. The number of hydrogen-bond donors (Lipinski definition) is 2. The fourth-order valence-corrected chi connectivity index (χ4v) is 2.15. The maximum Gasteiger partial charge on any atom is 0.251 e. The third-order valence-corrected chi connectivity index (χ3v) is 3.07. The lowest BCUT2D eigenvalue weighted by atomic mass is 10.1. The van der Waals surface area contributed by atoms with Gasteiger partial charge in [0.1, 0.15) is 5.82 Å². The number of rotatable bonds is 7. The molecular formula is C16H28N4O. The van der Waals surface area contributed by atoms with Crippen LogP contribution in [0.2, 0.25) is 0 Å². The Morgan fingerprint density at radius 2 is 1.95 bits per heavy atom. The Hall–Kier alpha value is -1.62. The average Bonchev–Trinajstić information content (AvgIpc) is 2.37. The third kappa shape index (κ3) is 5.71. The summed E-state index contributed by atoms with van der Waals surface area (Å²) in [7, 11) is 3.99. The van der Waals surface area contributed by atoms with Gasteiger partial charge < -0.3 is 15.5 Å². The molecule has 1 amide bonds. The molecule has 0 fully saturated rings. The van der Waals surface area contributed by atoms with Crippen molar-refractivity contribution in [2.45, 2.75) is 39.7 Å². The normalized spacial score (nSPS) is 12.6. The van der Waals surface area contributed by atoms with E-state index >= 15 is 0 Å². The first-order valence-electron chi connectivity index (χ1n) is 7.55. The Balaban J connectivity index is 2.91. The molecule has 1 heterocycles. The van der Waals surface area contributed by atoms with E-state index in [1.165, 1.54) is 0 Å². The summed E-state index contributed by atoms with van der Waals surface area (Å²) in [6.07, 6.45) is 0. The Labute approximate surface area is 128 Å². The van der Waals surface area contributed by atoms with Crippen molar-refractivity contribution in [2.75, 3.05) is 32.5 Å². The number of carbonyl (C=O) groups is 1. The van der Waals surface area contributed by atoms with E-state index in [0.717, 1.165) is 24.6 Å². The molecule has 0 aromatic carbocycles. The number of aromatic nitrogens is 1. The second-order valence-electron chi connectivity index (χ2n) is 5.99. The molecule has 1 rings (SSSR count). The van der Waals surface area contributed by atoms with Crippen LogP contribution in [0, 0.1) is 0 Å². The van der Waals surface area contributed by atoms with Crippen molar-refractivity contribution in [1.29, 1.82) is 0 Å². The molecule has 0 saturated carbocycles. The summed E-state index contributed by atoms with van der Waals surface area (Å²) in [4.78, 5) is 19.0. The highest BCUT2D eigenvalue weighted by atomic mass is 16.1. The standard InChI is InChI=1S/C16H28N4O/c1-7-17-15-9-13(8-14(19-15)11(2)3)16(21)18-12(4)10-20(5)6/h8-9,11-12H,7,10H2,1-6H3,(H,17,19)(H,18,21). The van der Waals surface area contributed by atoms with Crippen molar-refractivity contribution in [1.82, 2.24) is 15.2 Å². The van der Waals surface area contributed by atoms with E-state index in [1.807, 2.05) is 40.1 Å². The minimum absolute atomic E-state index is 0.0483. The van der Waals surface area contributed by atoms with Gasteiger partial charge in [0.15, 0.2) is 0 Å². The monoisotopic (exact) mass is 292 g/mol. The van der Waals surface area contributed by atoms with Gasteiger partial charge in [-0.15, -0.1) is 0 Å². The van der Waals surface area contributed by atoms with Crippen LogP contribution in [0.5, 0.6) is 0 Å². The van der Waals surface area contributed by atoms with E-state index in [-0.39, 0.29) is 17.9 Å². The van der Waals surface area contributed by atoms with Crippen LogP contribution < -0.4 is 10.6 Å². The summed E-state index contributed by atoms with van der Waals surface area (Å²) in [5.41, 5.74) is 1.59. The number of likely N-dealkylation sites (N-methyl/N-ethyl adjacent to an activating group) is 1. The molecule has 0 aliphatic rings. The van der Waals surface area contributed by atoms with Gasteiger partial charge in [-0.2, -0.15) is 0 Å². The van der Waals surface area contributed by atoms with Crippen molar-refractivity contribution in [3.63, 3.8) is 0 Å². The van der Waals surface area contributed by atoms with Gasteiger partial charge in [-0.25, -0.2) is 4.98 Å². The predicted molar refractivity (Wildman–Crippen MR) is 88.0 cm³/mol. The minimum atomic E-state index is -0.0483. The van der Waals surface area contributed by atoms with E-state index < -0.39 is 0 Å². The molecule has 5 nitrogen and oxygen atoms in total. The van der Waals surface area contributed by atoms with Crippen molar-refractivity contribution in [3.05, 3.63) is 23.4 Å². The molecule has 1 atom stereocenters. The van der Waals surface area contributed by atoms with Crippen LogP contribution in [-0.2, 0) is 0 Å². The second kappa shape index (κ2) is 7.98. The van der Waals surface area contributed by atoms with E-state index in [4.69, 9.17) is 0 Å². The first-order valence-corrected chi connectivity index (χ1v) is 7.55. The van der Waals surface area contributed by atoms with Crippen molar-refractivity contribution >= 4 is 11.7 Å². The van der Waals surface area contributed by atoms with Gasteiger partial charge in [0, 0.05) is 30.4 Å². The van der Waals surface area contributed by atoms with Crippen molar-refractivity contribution in [3.8, 4) is 0 Å². The van der Waals surface area contributed by atoms with Crippen LogP contribution in [0.4, 0.5) is 5.82 Å². The summed E-state index contributed by atoms with van der Waals surface area (Å²) < 4.78 is 0. The number of hydrogen-bond acceptors (Lipinski definition) is 4. The number of nitrogens with one attached hydrogen (secondary N) is 2. The molecule has 1 aromatic rings. The van der Waals surface area contributed by atoms with Gasteiger partial charge in [-0.3, -0.25) is 4.79 Å². The highest BCUT2D eigenvalue weighted by Gasteiger charge is 2.14. The zero-order valence-corrected chi connectivity index (χ0v) is 14.0. The molecule has 0 bridgehead atoms. The molecule has 0 saturated heterocycles. The van der Waals surface area contributed by atoms with Crippen LogP contribution >= 0.6 is 0 Å². The Morgan fingerprint density at radius 3 is 2.48 bits per heavy atom. The molecule has 118 valence electrons. The average molecular weight is 292 g/mol. The molecule has 1 unspecified atom stereocenters. The maximum atomic E-state index is 12.4. The maximum absolute atomic E-state index is 12.4. The topological polar surface area (TPSA) is 57.3 Å². The van der Waals surface area contributed by atoms with Crippen LogP contribution in [0.3, 0.4) is 0 Å². The Morgan fingerprint density at radius 1 is 1.29 bits per heavy atom. The van der Waals surface area contributed by atoms with Gasteiger partial charge in [-0.1, -0.05) is 13.8 Å². The first-order chi connectivity index (χ1) is 9.83. The van der Waals surface area contributed by atoms with Gasteiger partial charge in [0.2, 0.25) is 0 Å². The third-order valence-electron chi connectivity index (χ3n) is 3.07. The lowest BCUT2D eigenvalue weighted by Gasteiger charge is -2.19. The largest absolute Gasteiger partial charge is 0.370 e. The van der Waals surface area contributed by atoms with Gasteiger partial charge in [0.25, 0.3) is 5.91 Å². The van der Waals surface area contributed by atoms with E-state index in [2.05, 4.69) is 34.4 Å². The zero-order chi connectivity index (χ0) is 16.0. The second-order valence-corrected chi connectivity index (χ2v) is 5.99. The van der Waals surface area contributed by atoms with E-state index in [0.29, 0.717) is 5.56 Å². The summed E-state index contributed by atoms with van der Waals surface area (Å²) in [6, 6.07) is 3.79. The molecule has 0 aliphatic carbocycles. The van der Waals surface area contributed by atoms with Crippen molar-refractivity contribution in [2.24, 2.45) is 0 Å². The highest BCUT2D eigenvalue weighted by Crippen LogP contribution is 2.17. The van der Waals surface area contributed by atoms with Crippen LogP contribution in [0.1, 0.15) is 49.7 Å². The summed E-state index contributed by atoms with van der Waals surface area (Å²) in [6.45, 7) is 9.78. The lowest BCUT2D eigenvalue weighted by Crippen LogP contribution is -2.39. The quantitative estimate of drug-likeness (QED) is 0.810. The van der Waals surface area contributed by atoms with Crippen molar-refractivity contribution < 1.29 is 4.79 Å². The van der Waals surface area contributed by atoms with Crippen LogP contribution in [0.25, 0.3) is 0 Å². The minimum Gasteiger partial charge on any atom is -0.370 e. The number of anilines is 1. The Bertz CT molecular complexity index is 471. The molecule has 21 heavy (non-hydrogen) atoms. The number of pyridine rings is 1. The van der Waals surface area contributed by atoms with Crippen LogP contribution in [0.15, 0.2) is 12.1 Å². The molecule has 2 N–H and O–H groups in total. The first kappa shape index (κ1) is 17.4. The smallest absolute Gasteiger partial charge is 0.251 e. The number of nitrogens with zero attached hydrogens (tertiary/aromatic N) is 2. The molecular weight excluding hydrogens is 264 g/mol. The summed E-state index contributed by atoms with van der Waals surface area (Å²) in [5, 5.41) is 6.21. The molecule has 0 radical (unpaired) electrons. The van der Waals surface area contributed by atoms with Gasteiger partial charge in [-0.05, 0) is 46.0 Å². The molecule has 0 spiro atoms. The number of carbonyl (C=O) groups excluding carboxylic acids is 1. The van der Waals surface area contributed by atoms with E-state index in [9.17, 15) is 4.79 Å². The highest BCUT2D eigenvalue weighted by molar-refractivity contribution is 5.95. The SMILES string of the molecule is CCNc1cc(C(=O)NC(C)CN(C)C)cc(C(C)C)n1. The number of amides is 1. The van der Waals surface area contributed by atoms with Crippen LogP contribution in [-0.4, -0.2) is 49.0 Å². The van der Waals surface area contributed by atoms with E-state index in [1.54, 1.807) is 0 Å². The van der Waals surface area contributed by atoms with Gasteiger partial charge in [0.05, 0.1) is 0 Å². The lowest BCUT2D eigenvalue weighted by molar-refractivity contribution is 0.0934. The fraction of sp³-hybridized carbons (Fsp3) is 0.625. The zero-order valence-electron chi connectivity index (χ0n) is 14.0. The predicted octanol–water partition coefficient (Wildman–Crippen LogP) is 2.32. The van der Waals surface area contributed by atoms with Gasteiger partial charge >= 0.3 is 0 Å². The summed E-state index contributed by atoms with van der Waals surface area (Å²) in [5.74, 6) is 0.997. The molecule has 0 aliphatic heterocycles. The molecule has 5 heteroatoms.